The summed E-state index contributed by atoms with van der Waals surface area (Å²) in [5.74, 6) is -3.27. The van der Waals surface area contributed by atoms with Gasteiger partial charge in [-0.25, -0.2) is 9.18 Å². The molecule has 13 heteroatoms. The first-order valence-corrected chi connectivity index (χ1v) is 10.6. The number of halogens is 4. The van der Waals surface area contributed by atoms with Gasteiger partial charge in [0.25, 0.3) is 5.56 Å². The van der Waals surface area contributed by atoms with E-state index in [2.05, 4.69) is 15.4 Å². The number of carboxylic acid groups (broad SMARTS) is 1. The smallest absolute Gasteiger partial charge is 0.505 e. The van der Waals surface area contributed by atoms with E-state index in [9.17, 15) is 42.2 Å². The number of carbonyl (C=O) groups is 2. The molecule has 3 rings (SSSR count). The van der Waals surface area contributed by atoms with Crippen LogP contribution in [0.2, 0.25) is 0 Å². The van der Waals surface area contributed by atoms with Crippen molar-refractivity contribution >= 4 is 17.7 Å². The van der Waals surface area contributed by atoms with E-state index in [1.54, 1.807) is 6.92 Å². The number of urea groups is 1. The zero-order chi connectivity index (χ0) is 27.5. The molecule has 0 bridgehead atoms. The molecule has 0 fully saturated rings. The Labute approximate surface area is 206 Å². The molecule has 3 aromatic rings. The maximum Gasteiger partial charge on any atom is 0.573 e. The topological polar surface area (TPSA) is 130 Å². The Morgan fingerprint density at radius 1 is 1.11 bits per heavy atom. The quantitative estimate of drug-likeness (QED) is 0.339. The molecule has 0 spiro atoms. The van der Waals surface area contributed by atoms with Crippen LogP contribution in [0.5, 0.6) is 11.5 Å². The van der Waals surface area contributed by atoms with Crippen molar-refractivity contribution in [3.63, 3.8) is 0 Å². The molecule has 1 heterocycles. The number of carboxylic acids is 1. The standard InChI is InChI=1S/C24H21F4N3O6/c1-12-6-19(32)21(22(35)31(12)2)30-23(36)29-18(11-20(33)34)15-7-14(8-16(25)9-15)13-4-3-5-17(10-13)37-24(26,27)28/h3-10,18,32H,11H2,1-2H3,(H,33,34)(H2,29,30,36). The fraction of sp³-hybridized carbons (Fsp3) is 0.208. The number of benzene rings is 2. The van der Waals surface area contributed by atoms with Crippen LogP contribution < -0.4 is 20.9 Å². The van der Waals surface area contributed by atoms with E-state index < -0.39 is 59.4 Å². The van der Waals surface area contributed by atoms with Gasteiger partial charge < -0.3 is 30.2 Å². The average molecular weight is 523 g/mol. The van der Waals surface area contributed by atoms with Crippen LogP contribution in [0.4, 0.5) is 28.0 Å². The second-order valence-electron chi connectivity index (χ2n) is 8.01. The lowest BCUT2D eigenvalue weighted by molar-refractivity contribution is -0.274. The van der Waals surface area contributed by atoms with E-state index in [-0.39, 0.29) is 16.7 Å². The van der Waals surface area contributed by atoms with Crippen molar-refractivity contribution in [3.05, 3.63) is 76.0 Å². The third-order valence-corrected chi connectivity index (χ3v) is 5.30. The fourth-order valence-electron chi connectivity index (χ4n) is 3.51. The van der Waals surface area contributed by atoms with Gasteiger partial charge in [0.15, 0.2) is 5.69 Å². The van der Waals surface area contributed by atoms with Crippen LogP contribution in [0, 0.1) is 12.7 Å². The highest BCUT2D eigenvalue weighted by Crippen LogP contribution is 2.31. The number of ether oxygens (including phenoxy) is 1. The molecular formula is C24H21F4N3O6. The molecule has 4 N–H and O–H groups in total. The number of carbonyl (C=O) groups excluding carboxylic acids is 1. The number of anilines is 1. The predicted molar refractivity (Wildman–Crippen MR) is 124 cm³/mol. The number of rotatable bonds is 7. The van der Waals surface area contributed by atoms with Gasteiger partial charge in [0.1, 0.15) is 17.3 Å². The van der Waals surface area contributed by atoms with Crippen molar-refractivity contribution < 1.29 is 42.1 Å². The lowest BCUT2D eigenvalue weighted by Gasteiger charge is -2.20. The maximum atomic E-state index is 14.5. The van der Waals surface area contributed by atoms with Gasteiger partial charge >= 0.3 is 18.4 Å². The highest BCUT2D eigenvalue weighted by atomic mass is 19.4. The molecule has 0 aliphatic rings. The second kappa shape index (κ2) is 10.6. The highest BCUT2D eigenvalue weighted by Gasteiger charge is 2.31. The lowest BCUT2D eigenvalue weighted by atomic mass is 9.97. The van der Waals surface area contributed by atoms with Crippen LogP contribution in [0.1, 0.15) is 23.7 Å². The van der Waals surface area contributed by atoms with E-state index in [4.69, 9.17) is 0 Å². The summed E-state index contributed by atoms with van der Waals surface area (Å²) in [6, 6.07) is 6.85. The summed E-state index contributed by atoms with van der Waals surface area (Å²) in [7, 11) is 1.41. The number of hydrogen-bond donors (Lipinski definition) is 4. The first kappa shape index (κ1) is 27.0. The zero-order valence-electron chi connectivity index (χ0n) is 19.4. The van der Waals surface area contributed by atoms with E-state index in [0.717, 1.165) is 24.3 Å². The zero-order valence-corrected chi connectivity index (χ0v) is 19.4. The molecular weight excluding hydrogens is 502 g/mol. The number of pyridine rings is 1. The number of alkyl halides is 3. The monoisotopic (exact) mass is 523 g/mol. The minimum atomic E-state index is -4.94. The normalized spacial score (nSPS) is 12.1. The Bertz CT molecular complexity index is 1400. The predicted octanol–water partition coefficient (Wildman–Crippen LogP) is 4.44. The third-order valence-electron chi connectivity index (χ3n) is 5.30. The molecule has 0 aliphatic carbocycles. The molecule has 0 saturated heterocycles. The van der Waals surface area contributed by atoms with Gasteiger partial charge in [0.2, 0.25) is 0 Å². The van der Waals surface area contributed by atoms with Gasteiger partial charge in [-0.05, 0) is 53.9 Å². The number of nitrogens with zero attached hydrogens (tertiary/aromatic N) is 1. The number of aromatic hydroxyl groups is 1. The molecule has 0 aliphatic heterocycles. The molecule has 9 nitrogen and oxygen atoms in total. The highest BCUT2D eigenvalue weighted by molar-refractivity contribution is 5.91. The number of amides is 2. The largest absolute Gasteiger partial charge is 0.573 e. The van der Waals surface area contributed by atoms with E-state index in [1.165, 1.54) is 35.9 Å². The van der Waals surface area contributed by atoms with Gasteiger partial charge in [-0.15, -0.1) is 13.2 Å². The van der Waals surface area contributed by atoms with Crippen LogP contribution in [-0.2, 0) is 11.8 Å². The molecule has 1 aromatic heterocycles. The SMILES string of the molecule is Cc1cc(O)c(NC(=O)NC(CC(=O)O)c2cc(F)cc(-c3cccc(OC(F)(F)F)c3)c2)c(=O)n1C. The fourth-order valence-corrected chi connectivity index (χ4v) is 3.51. The maximum absolute atomic E-state index is 14.5. The number of nitrogens with one attached hydrogen (secondary N) is 2. The average Bonchev–Trinajstić information content (AvgIpc) is 2.78. The first-order chi connectivity index (χ1) is 17.2. The molecule has 1 atom stereocenters. The van der Waals surface area contributed by atoms with Crippen molar-refractivity contribution in [1.29, 1.82) is 0 Å². The molecule has 2 aromatic carbocycles. The summed E-state index contributed by atoms with van der Waals surface area (Å²) < 4.78 is 57.3. The second-order valence-corrected chi connectivity index (χ2v) is 8.01. The van der Waals surface area contributed by atoms with Gasteiger partial charge in [-0.3, -0.25) is 9.59 Å². The van der Waals surface area contributed by atoms with Gasteiger partial charge in [0, 0.05) is 18.8 Å². The van der Waals surface area contributed by atoms with Crippen molar-refractivity contribution in [3.8, 4) is 22.6 Å². The summed E-state index contributed by atoms with van der Waals surface area (Å²) >= 11 is 0. The minimum Gasteiger partial charge on any atom is -0.505 e. The summed E-state index contributed by atoms with van der Waals surface area (Å²) in [6.07, 6.45) is -5.64. The number of hydrogen-bond acceptors (Lipinski definition) is 5. The van der Waals surface area contributed by atoms with E-state index in [1.807, 2.05) is 0 Å². The first-order valence-electron chi connectivity index (χ1n) is 10.6. The Morgan fingerprint density at radius 3 is 2.46 bits per heavy atom. The van der Waals surface area contributed by atoms with Crippen LogP contribution in [0.25, 0.3) is 11.1 Å². The van der Waals surface area contributed by atoms with Crippen molar-refractivity contribution in [2.24, 2.45) is 7.05 Å². The molecule has 196 valence electrons. The Hall–Kier alpha value is -4.55. The number of aliphatic carboxylic acids is 1. The van der Waals surface area contributed by atoms with Crippen LogP contribution in [0.3, 0.4) is 0 Å². The molecule has 1 unspecified atom stereocenters. The van der Waals surface area contributed by atoms with Crippen LogP contribution in [-0.4, -0.2) is 33.1 Å². The lowest BCUT2D eigenvalue weighted by Crippen LogP contribution is -2.36. The minimum absolute atomic E-state index is 0.0178. The van der Waals surface area contributed by atoms with E-state index in [0.29, 0.717) is 5.69 Å². The number of aromatic nitrogens is 1. The Kier molecular flexibility index (Phi) is 7.75. The van der Waals surface area contributed by atoms with Gasteiger partial charge in [-0.1, -0.05) is 12.1 Å². The van der Waals surface area contributed by atoms with Crippen LogP contribution >= 0.6 is 0 Å². The molecule has 2 amide bonds. The summed E-state index contributed by atoms with van der Waals surface area (Å²) in [5.41, 5.74) is -0.568. The third kappa shape index (κ3) is 6.99. The van der Waals surface area contributed by atoms with Gasteiger partial charge in [0.05, 0.1) is 12.5 Å². The van der Waals surface area contributed by atoms with Crippen molar-refractivity contribution in [1.82, 2.24) is 9.88 Å². The van der Waals surface area contributed by atoms with Crippen molar-refractivity contribution in [2.45, 2.75) is 25.7 Å². The summed E-state index contributed by atoms with van der Waals surface area (Å²) in [5, 5.41) is 23.9. The molecule has 0 saturated carbocycles. The van der Waals surface area contributed by atoms with Crippen LogP contribution in [0.15, 0.2) is 53.3 Å². The summed E-state index contributed by atoms with van der Waals surface area (Å²) in [4.78, 5) is 36.4. The Balaban J connectivity index is 1.93. The molecule has 37 heavy (non-hydrogen) atoms. The van der Waals surface area contributed by atoms with Gasteiger partial charge in [-0.2, -0.15) is 0 Å². The molecule has 0 radical (unpaired) electrons. The van der Waals surface area contributed by atoms with E-state index >= 15 is 0 Å². The Morgan fingerprint density at radius 2 is 1.81 bits per heavy atom. The number of aryl methyl sites for hydroxylation is 1. The van der Waals surface area contributed by atoms with Crippen molar-refractivity contribution in [2.75, 3.05) is 5.32 Å². The summed E-state index contributed by atoms with van der Waals surface area (Å²) in [6.45, 7) is 1.56.